The molecular formula is C21H24N4O2. The third-order valence-corrected chi connectivity index (χ3v) is 5.35. The Labute approximate surface area is 158 Å². The average Bonchev–Trinajstić information content (AvgIpc) is 3.26. The largest absolute Gasteiger partial charge is 0.328 e. The van der Waals surface area contributed by atoms with Crippen molar-refractivity contribution in [1.29, 1.82) is 0 Å². The van der Waals surface area contributed by atoms with Crippen molar-refractivity contribution in [3.63, 3.8) is 0 Å². The van der Waals surface area contributed by atoms with Gasteiger partial charge in [0.05, 0.1) is 11.0 Å². The van der Waals surface area contributed by atoms with Gasteiger partial charge < -0.3 is 5.32 Å². The first-order valence-corrected chi connectivity index (χ1v) is 9.31. The molecule has 1 fully saturated rings. The number of aromatic nitrogens is 2. The number of aryl methyl sites for hydroxylation is 2. The molecule has 1 aliphatic heterocycles. The zero-order valence-electron chi connectivity index (χ0n) is 15.7. The predicted molar refractivity (Wildman–Crippen MR) is 107 cm³/mol. The number of fused-ring (bicyclic) bond motifs is 1. The summed E-state index contributed by atoms with van der Waals surface area (Å²) in [6.45, 7) is 3.26. The number of hydrogen-bond acceptors (Lipinski definition) is 3. The number of nitrogens with zero attached hydrogens (tertiary/aromatic N) is 3. The normalized spacial score (nSPS) is 14.7. The van der Waals surface area contributed by atoms with Crippen LogP contribution in [0.1, 0.15) is 28.8 Å². The van der Waals surface area contributed by atoms with Gasteiger partial charge in [-0.1, -0.05) is 12.1 Å². The fraction of sp³-hybridized carbons (Fsp3) is 0.333. The van der Waals surface area contributed by atoms with E-state index in [9.17, 15) is 9.59 Å². The molecule has 6 nitrogen and oxygen atoms in total. The summed E-state index contributed by atoms with van der Waals surface area (Å²) >= 11 is 0. The van der Waals surface area contributed by atoms with Gasteiger partial charge in [0.1, 0.15) is 0 Å². The van der Waals surface area contributed by atoms with Crippen LogP contribution in [0.2, 0.25) is 0 Å². The third-order valence-electron chi connectivity index (χ3n) is 5.35. The second kappa shape index (κ2) is 7.04. The quantitative estimate of drug-likeness (QED) is 0.774. The smallest absolute Gasteiger partial charge is 0.322 e. The van der Waals surface area contributed by atoms with E-state index in [1.54, 1.807) is 23.2 Å². The molecule has 3 aromatic rings. The van der Waals surface area contributed by atoms with Crippen LogP contribution in [-0.2, 0) is 20.6 Å². The number of anilines is 1. The maximum absolute atomic E-state index is 12.6. The van der Waals surface area contributed by atoms with Crippen molar-refractivity contribution in [2.24, 2.45) is 14.1 Å². The molecular weight excluding hydrogens is 340 g/mol. The van der Waals surface area contributed by atoms with E-state index in [2.05, 4.69) is 10.2 Å². The molecule has 27 heavy (non-hydrogen) atoms. The van der Waals surface area contributed by atoms with E-state index in [0.717, 1.165) is 30.7 Å². The van der Waals surface area contributed by atoms with Gasteiger partial charge in [-0.2, -0.15) is 0 Å². The Morgan fingerprint density at radius 1 is 0.963 bits per heavy atom. The molecule has 1 amide bonds. The SMILES string of the molecule is Cn1c(=O)n(C)c2cc(NC(=O)c3ccc(CN4CCCC4)cc3)ccc21. The molecule has 1 saturated heterocycles. The second-order valence-corrected chi connectivity index (χ2v) is 7.24. The highest BCUT2D eigenvalue weighted by molar-refractivity contribution is 6.05. The van der Waals surface area contributed by atoms with Crippen molar-refractivity contribution in [2.75, 3.05) is 18.4 Å². The van der Waals surface area contributed by atoms with Gasteiger partial charge in [-0.05, 0) is 61.8 Å². The molecule has 0 aliphatic carbocycles. The van der Waals surface area contributed by atoms with Gasteiger partial charge in [-0.25, -0.2) is 4.79 Å². The molecule has 0 bridgehead atoms. The van der Waals surface area contributed by atoms with E-state index in [1.165, 1.54) is 18.4 Å². The van der Waals surface area contributed by atoms with Crippen LogP contribution in [0.3, 0.4) is 0 Å². The summed E-state index contributed by atoms with van der Waals surface area (Å²) in [4.78, 5) is 27.0. The Kier molecular flexibility index (Phi) is 4.58. The number of nitrogens with one attached hydrogen (secondary N) is 1. The number of rotatable bonds is 4. The molecule has 140 valence electrons. The van der Waals surface area contributed by atoms with Gasteiger partial charge in [0.2, 0.25) is 0 Å². The molecule has 1 N–H and O–H groups in total. The minimum atomic E-state index is -0.150. The lowest BCUT2D eigenvalue weighted by atomic mass is 10.1. The van der Waals surface area contributed by atoms with E-state index in [-0.39, 0.29) is 11.6 Å². The van der Waals surface area contributed by atoms with Crippen LogP contribution in [-0.4, -0.2) is 33.0 Å². The zero-order valence-corrected chi connectivity index (χ0v) is 15.7. The molecule has 6 heteroatoms. The van der Waals surface area contributed by atoms with Crippen molar-refractivity contribution in [2.45, 2.75) is 19.4 Å². The van der Waals surface area contributed by atoms with E-state index in [0.29, 0.717) is 11.3 Å². The standard InChI is InChI=1S/C21H24N4O2/c1-23-18-10-9-17(13-19(18)24(2)21(23)27)22-20(26)16-7-5-15(6-8-16)14-25-11-3-4-12-25/h5-10,13H,3-4,11-12,14H2,1-2H3,(H,22,26). The number of carbonyl (C=O) groups excluding carboxylic acids is 1. The topological polar surface area (TPSA) is 59.3 Å². The summed E-state index contributed by atoms with van der Waals surface area (Å²) < 4.78 is 3.18. The van der Waals surface area contributed by atoms with Crippen molar-refractivity contribution < 1.29 is 4.79 Å². The highest BCUT2D eigenvalue weighted by Crippen LogP contribution is 2.19. The van der Waals surface area contributed by atoms with Crippen molar-refractivity contribution >= 4 is 22.6 Å². The molecule has 0 spiro atoms. The molecule has 2 aromatic carbocycles. The molecule has 2 heterocycles. The predicted octanol–water partition coefficient (Wildman–Crippen LogP) is 2.73. The number of imidazole rings is 1. The Morgan fingerprint density at radius 3 is 2.33 bits per heavy atom. The van der Waals surface area contributed by atoms with Crippen LogP contribution in [0.25, 0.3) is 11.0 Å². The van der Waals surface area contributed by atoms with E-state index in [4.69, 9.17) is 0 Å². The van der Waals surface area contributed by atoms with Crippen molar-refractivity contribution in [1.82, 2.24) is 14.0 Å². The summed E-state index contributed by atoms with van der Waals surface area (Å²) in [5, 5.41) is 2.92. The molecule has 1 aliphatic rings. The number of benzene rings is 2. The van der Waals surface area contributed by atoms with Gasteiger partial charge in [-0.3, -0.25) is 18.8 Å². The number of carbonyl (C=O) groups is 1. The van der Waals surface area contributed by atoms with Gasteiger partial charge in [0.25, 0.3) is 5.91 Å². The molecule has 0 unspecified atom stereocenters. The third kappa shape index (κ3) is 3.40. The Bertz CT molecular complexity index is 1040. The maximum atomic E-state index is 12.6. The molecule has 0 radical (unpaired) electrons. The van der Waals surface area contributed by atoms with Crippen LogP contribution in [0.5, 0.6) is 0 Å². The van der Waals surface area contributed by atoms with Crippen LogP contribution in [0.15, 0.2) is 47.3 Å². The van der Waals surface area contributed by atoms with E-state index < -0.39 is 0 Å². The van der Waals surface area contributed by atoms with Crippen LogP contribution in [0, 0.1) is 0 Å². The first kappa shape index (κ1) is 17.5. The summed E-state index contributed by atoms with van der Waals surface area (Å²) in [7, 11) is 3.47. The minimum Gasteiger partial charge on any atom is -0.322 e. The molecule has 4 rings (SSSR count). The van der Waals surface area contributed by atoms with Gasteiger partial charge in [-0.15, -0.1) is 0 Å². The van der Waals surface area contributed by atoms with Crippen molar-refractivity contribution in [3.05, 3.63) is 64.1 Å². The Balaban J connectivity index is 1.49. The summed E-state index contributed by atoms with van der Waals surface area (Å²) in [5.74, 6) is -0.150. The fourth-order valence-corrected chi connectivity index (χ4v) is 3.75. The van der Waals surface area contributed by atoms with Gasteiger partial charge in [0.15, 0.2) is 0 Å². The first-order chi connectivity index (χ1) is 13.0. The zero-order chi connectivity index (χ0) is 19.0. The minimum absolute atomic E-state index is 0.0814. The number of hydrogen-bond donors (Lipinski definition) is 1. The summed E-state index contributed by atoms with van der Waals surface area (Å²) in [6, 6.07) is 13.3. The van der Waals surface area contributed by atoms with Crippen LogP contribution >= 0.6 is 0 Å². The average molecular weight is 364 g/mol. The van der Waals surface area contributed by atoms with Gasteiger partial charge >= 0.3 is 5.69 Å². The monoisotopic (exact) mass is 364 g/mol. The Hall–Kier alpha value is -2.86. The van der Waals surface area contributed by atoms with Crippen molar-refractivity contribution in [3.8, 4) is 0 Å². The number of likely N-dealkylation sites (tertiary alicyclic amines) is 1. The number of amides is 1. The second-order valence-electron chi connectivity index (χ2n) is 7.24. The highest BCUT2D eigenvalue weighted by Gasteiger charge is 2.13. The maximum Gasteiger partial charge on any atom is 0.328 e. The van der Waals surface area contributed by atoms with E-state index in [1.807, 2.05) is 42.5 Å². The lowest BCUT2D eigenvalue weighted by Gasteiger charge is -2.14. The van der Waals surface area contributed by atoms with Gasteiger partial charge in [0, 0.05) is 31.9 Å². The molecule has 0 atom stereocenters. The lowest BCUT2D eigenvalue weighted by molar-refractivity contribution is 0.102. The highest BCUT2D eigenvalue weighted by atomic mass is 16.2. The Morgan fingerprint density at radius 2 is 1.63 bits per heavy atom. The van der Waals surface area contributed by atoms with Crippen LogP contribution in [0.4, 0.5) is 5.69 Å². The van der Waals surface area contributed by atoms with E-state index >= 15 is 0 Å². The van der Waals surface area contributed by atoms with Crippen LogP contribution < -0.4 is 11.0 Å². The molecule has 1 aromatic heterocycles. The fourth-order valence-electron chi connectivity index (χ4n) is 3.75. The molecule has 0 saturated carbocycles. The first-order valence-electron chi connectivity index (χ1n) is 9.31. The summed E-state index contributed by atoms with van der Waals surface area (Å²) in [6.07, 6.45) is 2.55. The summed E-state index contributed by atoms with van der Waals surface area (Å²) in [5.41, 5.74) is 4.08. The lowest BCUT2D eigenvalue weighted by Crippen LogP contribution is -2.19.